The fourth-order valence-corrected chi connectivity index (χ4v) is 3.13. The van der Waals surface area contributed by atoms with Crippen LogP contribution < -0.4 is 0 Å². The van der Waals surface area contributed by atoms with Gasteiger partial charge in [0.2, 0.25) is 5.60 Å². The van der Waals surface area contributed by atoms with E-state index < -0.39 is 16.9 Å². The number of methoxy groups -OCH3 is 1. The van der Waals surface area contributed by atoms with E-state index in [0.717, 1.165) is 12.8 Å². The van der Waals surface area contributed by atoms with Crippen molar-refractivity contribution < 1.29 is 14.6 Å². The first-order valence-corrected chi connectivity index (χ1v) is 9.01. The Morgan fingerprint density at radius 2 is 1.70 bits per heavy atom. The molecule has 0 radical (unpaired) electrons. The molecule has 0 unspecified atom stereocenters. The third kappa shape index (κ3) is 5.82. The summed E-state index contributed by atoms with van der Waals surface area (Å²) in [7, 11) is 1.27. The second kappa shape index (κ2) is 10.7. The Hall–Kier alpha value is -1.06. The van der Waals surface area contributed by atoms with E-state index in [4.69, 9.17) is 16.3 Å². The minimum Gasteiger partial charge on any atom is -0.467 e. The molecule has 1 N–H and O–H groups in total. The van der Waals surface area contributed by atoms with Crippen LogP contribution in [0.25, 0.3) is 0 Å². The summed E-state index contributed by atoms with van der Waals surface area (Å²) in [6.45, 7) is 2.20. The second-order valence-electron chi connectivity index (χ2n) is 6.00. The Balaban J connectivity index is 2.57. The number of benzene rings is 1. The topological polar surface area (TPSA) is 46.5 Å². The highest BCUT2D eigenvalue weighted by Crippen LogP contribution is 2.33. The molecular weight excluding hydrogens is 312 g/mol. The highest BCUT2D eigenvalue weighted by Gasteiger charge is 2.45. The van der Waals surface area contributed by atoms with Gasteiger partial charge in [0.05, 0.1) is 12.5 Å². The van der Waals surface area contributed by atoms with Crippen molar-refractivity contribution >= 4 is 17.6 Å². The molecule has 2 atom stereocenters. The van der Waals surface area contributed by atoms with E-state index >= 15 is 0 Å². The van der Waals surface area contributed by atoms with Gasteiger partial charge in [0.25, 0.3) is 0 Å². The lowest BCUT2D eigenvalue weighted by Crippen LogP contribution is -2.45. The van der Waals surface area contributed by atoms with Crippen LogP contribution in [0, 0.1) is 0 Å². The number of rotatable bonds is 11. The first-order chi connectivity index (χ1) is 11.1. The molecule has 0 amide bonds. The van der Waals surface area contributed by atoms with Crippen LogP contribution in [0.4, 0.5) is 0 Å². The molecule has 0 aliphatic carbocycles. The zero-order valence-electron chi connectivity index (χ0n) is 14.3. The summed E-state index contributed by atoms with van der Waals surface area (Å²) in [6, 6.07) is 8.80. The molecule has 23 heavy (non-hydrogen) atoms. The highest BCUT2D eigenvalue weighted by atomic mass is 35.5. The van der Waals surface area contributed by atoms with Crippen molar-refractivity contribution in [2.75, 3.05) is 7.11 Å². The van der Waals surface area contributed by atoms with Gasteiger partial charge in [-0.05, 0) is 12.0 Å². The predicted molar refractivity (Wildman–Crippen MR) is 94.6 cm³/mol. The maximum Gasteiger partial charge on any atom is 0.344 e. The Kier molecular flexibility index (Phi) is 9.27. The SMILES string of the molecule is CCCCCCCCC[C@H](Cl)[C@@](O)(C(=O)OC)c1ccccc1. The van der Waals surface area contributed by atoms with Crippen LogP contribution in [0.2, 0.25) is 0 Å². The number of ether oxygens (including phenoxy) is 1. The molecule has 3 nitrogen and oxygen atoms in total. The van der Waals surface area contributed by atoms with Crippen LogP contribution in [0.1, 0.15) is 63.9 Å². The minimum absolute atomic E-state index is 0.481. The summed E-state index contributed by atoms with van der Waals surface area (Å²) in [5.74, 6) is -0.702. The second-order valence-corrected chi connectivity index (χ2v) is 6.53. The average molecular weight is 341 g/mol. The Morgan fingerprint density at radius 3 is 2.26 bits per heavy atom. The predicted octanol–water partition coefficient (Wildman–Crippen LogP) is 4.80. The molecule has 0 bridgehead atoms. The molecule has 0 fully saturated rings. The zero-order chi connectivity index (χ0) is 17.1. The zero-order valence-corrected chi connectivity index (χ0v) is 15.0. The maximum atomic E-state index is 12.1. The molecule has 1 aromatic carbocycles. The monoisotopic (exact) mass is 340 g/mol. The molecule has 0 aliphatic rings. The molecule has 0 aliphatic heterocycles. The molecule has 0 spiro atoms. The van der Waals surface area contributed by atoms with E-state index in [-0.39, 0.29) is 0 Å². The molecule has 0 saturated heterocycles. The lowest BCUT2D eigenvalue weighted by molar-refractivity contribution is -0.164. The van der Waals surface area contributed by atoms with Crippen molar-refractivity contribution in [3.63, 3.8) is 0 Å². The van der Waals surface area contributed by atoms with Gasteiger partial charge >= 0.3 is 5.97 Å². The molecular formula is C19H29ClO3. The smallest absolute Gasteiger partial charge is 0.344 e. The van der Waals surface area contributed by atoms with E-state index in [1.54, 1.807) is 24.3 Å². The fourth-order valence-electron chi connectivity index (χ4n) is 2.76. The van der Waals surface area contributed by atoms with Gasteiger partial charge in [-0.25, -0.2) is 4.79 Å². The normalized spacial score (nSPS) is 15.0. The number of aliphatic hydroxyl groups is 1. The molecule has 1 aromatic rings. The van der Waals surface area contributed by atoms with E-state index in [1.165, 1.54) is 39.2 Å². The van der Waals surface area contributed by atoms with Gasteiger partial charge in [0.1, 0.15) is 0 Å². The summed E-state index contributed by atoms with van der Waals surface area (Å²) >= 11 is 6.41. The number of hydrogen-bond donors (Lipinski definition) is 1. The van der Waals surface area contributed by atoms with Crippen LogP contribution in [0.15, 0.2) is 30.3 Å². The lowest BCUT2D eigenvalue weighted by Gasteiger charge is -2.30. The molecule has 1 rings (SSSR count). The number of carbonyl (C=O) groups excluding carboxylic acids is 1. The quantitative estimate of drug-likeness (QED) is 0.357. The first-order valence-electron chi connectivity index (χ1n) is 8.57. The van der Waals surface area contributed by atoms with Crippen LogP contribution >= 0.6 is 11.6 Å². The molecule has 0 aromatic heterocycles. The van der Waals surface area contributed by atoms with Crippen LogP contribution in [-0.2, 0) is 15.1 Å². The largest absolute Gasteiger partial charge is 0.467 e. The number of hydrogen-bond acceptors (Lipinski definition) is 3. The van der Waals surface area contributed by atoms with Gasteiger partial charge in [-0.1, -0.05) is 82.2 Å². The van der Waals surface area contributed by atoms with Crippen molar-refractivity contribution in [1.29, 1.82) is 0 Å². The molecule has 4 heteroatoms. The van der Waals surface area contributed by atoms with E-state index in [9.17, 15) is 9.90 Å². The van der Waals surface area contributed by atoms with Crippen LogP contribution in [-0.4, -0.2) is 23.6 Å². The number of esters is 1. The Labute approximate surface area is 145 Å². The Bertz CT molecular complexity index is 449. The van der Waals surface area contributed by atoms with E-state index in [2.05, 4.69) is 6.92 Å². The standard InChI is InChI=1S/C19H29ClO3/c1-3-4-5-6-7-8-12-15-17(20)19(22,18(21)23-2)16-13-10-9-11-14-16/h9-11,13-14,17,22H,3-8,12,15H2,1-2H3/t17-,19+/m0/s1. The molecule has 0 saturated carbocycles. The van der Waals surface area contributed by atoms with Gasteiger partial charge < -0.3 is 9.84 Å². The van der Waals surface area contributed by atoms with Crippen molar-refractivity contribution in [3.8, 4) is 0 Å². The summed E-state index contributed by atoms with van der Waals surface area (Å²) in [6.07, 6.45) is 8.76. The van der Waals surface area contributed by atoms with Gasteiger partial charge in [-0.15, -0.1) is 11.6 Å². The number of halogens is 1. The van der Waals surface area contributed by atoms with E-state index in [1.807, 2.05) is 6.07 Å². The van der Waals surface area contributed by atoms with Gasteiger partial charge in [-0.3, -0.25) is 0 Å². The minimum atomic E-state index is -1.79. The lowest BCUT2D eigenvalue weighted by atomic mass is 9.87. The maximum absolute atomic E-state index is 12.1. The van der Waals surface area contributed by atoms with Crippen LogP contribution in [0.3, 0.4) is 0 Å². The van der Waals surface area contributed by atoms with Crippen molar-refractivity contribution in [2.45, 2.75) is 69.3 Å². The van der Waals surface area contributed by atoms with Crippen molar-refractivity contribution in [1.82, 2.24) is 0 Å². The highest BCUT2D eigenvalue weighted by molar-refractivity contribution is 6.23. The summed E-state index contributed by atoms with van der Waals surface area (Å²) in [5.41, 5.74) is -1.31. The molecule has 0 heterocycles. The third-order valence-corrected chi connectivity index (χ3v) is 4.76. The van der Waals surface area contributed by atoms with E-state index in [0.29, 0.717) is 12.0 Å². The average Bonchev–Trinajstić information content (AvgIpc) is 2.60. The summed E-state index contributed by atoms with van der Waals surface area (Å²) in [4.78, 5) is 12.1. The number of alkyl halides is 1. The number of carbonyl (C=O) groups is 1. The Morgan fingerprint density at radius 1 is 1.13 bits per heavy atom. The van der Waals surface area contributed by atoms with Crippen LogP contribution in [0.5, 0.6) is 0 Å². The third-order valence-electron chi connectivity index (χ3n) is 4.22. The summed E-state index contributed by atoms with van der Waals surface area (Å²) < 4.78 is 4.79. The fraction of sp³-hybridized carbons (Fsp3) is 0.632. The van der Waals surface area contributed by atoms with Gasteiger partial charge in [0, 0.05) is 0 Å². The number of unbranched alkanes of at least 4 members (excludes halogenated alkanes) is 6. The van der Waals surface area contributed by atoms with Gasteiger partial charge in [0.15, 0.2) is 0 Å². The first kappa shape index (κ1) is 20.0. The molecule has 130 valence electrons. The van der Waals surface area contributed by atoms with Gasteiger partial charge in [-0.2, -0.15) is 0 Å². The van der Waals surface area contributed by atoms with Crippen molar-refractivity contribution in [2.24, 2.45) is 0 Å². The van der Waals surface area contributed by atoms with Crippen molar-refractivity contribution in [3.05, 3.63) is 35.9 Å². The summed E-state index contributed by atoms with van der Waals surface area (Å²) in [5, 5.41) is 10.2.